The first-order valence-corrected chi connectivity index (χ1v) is 3.95. The minimum Gasteiger partial charge on any atom is -0.387 e. The third-order valence-corrected chi connectivity index (χ3v) is 1.87. The summed E-state index contributed by atoms with van der Waals surface area (Å²) in [6, 6.07) is 0. The summed E-state index contributed by atoms with van der Waals surface area (Å²) in [6.07, 6.45) is 6.38. The third kappa shape index (κ3) is 2.05. The summed E-state index contributed by atoms with van der Waals surface area (Å²) >= 11 is 0. The predicted octanol–water partition coefficient (Wildman–Crippen LogP) is 0.759. The van der Waals surface area contributed by atoms with Crippen molar-refractivity contribution in [2.75, 3.05) is 0 Å². The van der Waals surface area contributed by atoms with Crippen molar-refractivity contribution in [3.63, 3.8) is 0 Å². The van der Waals surface area contributed by atoms with Gasteiger partial charge >= 0.3 is 0 Å². The molecule has 1 atom stereocenters. The van der Waals surface area contributed by atoms with Crippen molar-refractivity contribution in [3.8, 4) is 0 Å². The number of amidine groups is 1. The first-order chi connectivity index (χ1) is 5.16. The Bertz CT molecular complexity index is 196. The third-order valence-electron chi connectivity index (χ3n) is 1.87. The first kappa shape index (κ1) is 8.27. The Morgan fingerprint density at radius 2 is 2.45 bits per heavy atom. The fourth-order valence-electron chi connectivity index (χ4n) is 1.36. The van der Waals surface area contributed by atoms with Gasteiger partial charge in [-0.25, -0.2) is 4.99 Å². The van der Waals surface area contributed by atoms with Crippen LogP contribution >= 0.6 is 0 Å². The van der Waals surface area contributed by atoms with Crippen LogP contribution in [-0.4, -0.2) is 11.4 Å². The van der Waals surface area contributed by atoms with Crippen molar-refractivity contribution in [3.05, 3.63) is 12.3 Å². The Kier molecular flexibility index (Phi) is 2.29. The lowest BCUT2D eigenvalue weighted by atomic mass is 9.89. The second kappa shape index (κ2) is 3.05. The quantitative estimate of drug-likeness (QED) is 0.615. The van der Waals surface area contributed by atoms with Crippen LogP contribution in [0.25, 0.3) is 0 Å². The maximum atomic E-state index is 6.01. The molecule has 1 unspecified atom stereocenters. The van der Waals surface area contributed by atoms with E-state index in [1.165, 1.54) is 0 Å². The molecular weight excluding hydrogens is 138 g/mol. The highest BCUT2D eigenvalue weighted by molar-refractivity contribution is 5.83. The fraction of sp³-hybridized carbons (Fsp3) is 0.625. The van der Waals surface area contributed by atoms with Crippen LogP contribution in [0.15, 0.2) is 17.3 Å². The van der Waals surface area contributed by atoms with E-state index in [1.54, 1.807) is 6.20 Å². The van der Waals surface area contributed by atoms with Gasteiger partial charge in [0.05, 0.1) is 0 Å². The molecule has 4 N–H and O–H groups in total. The minimum atomic E-state index is -0.236. The molecule has 0 amide bonds. The van der Waals surface area contributed by atoms with E-state index >= 15 is 0 Å². The van der Waals surface area contributed by atoms with E-state index in [2.05, 4.69) is 11.9 Å². The van der Waals surface area contributed by atoms with Crippen LogP contribution in [-0.2, 0) is 0 Å². The smallest absolute Gasteiger partial charge is 0.101 e. The van der Waals surface area contributed by atoms with Crippen LogP contribution in [0.1, 0.15) is 26.2 Å². The molecule has 1 heterocycles. The highest BCUT2D eigenvalue weighted by Gasteiger charge is 2.23. The van der Waals surface area contributed by atoms with Crippen molar-refractivity contribution in [2.45, 2.75) is 31.7 Å². The number of nitrogens with zero attached hydrogens (tertiary/aromatic N) is 1. The lowest BCUT2D eigenvalue weighted by Gasteiger charge is -2.26. The molecule has 0 aromatic carbocycles. The van der Waals surface area contributed by atoms with Gasteiger partial charge < -0.3 is 11.5 Å². The Hall–Kier alpha value is -0.830. The second-order valence-corrected chi connectivity index (χ2v) is 3.10. The molecule has 0 fully saturated rings. The highest BCUT2D eigenvalue weighted by Crippen LogP contribution is 2.18. The average molecular weight is 153 g/mol. The molecule has 0 aliphatic carbocycles. The van der Waals surface area contributed by atoms with E-state index in [4.69, 9.17) is 11.5 Å². The molecule has 0 aromatic rings. The monoisotopic (exact) mass is 153 g/mol. The van der Waals surface area contributed by atoms with E-state index in [1.807, 2.05) is 6.08 Å². The maximum absolute atomic E-state index is 6.01. The van der Waals surface area contributed by atoms with Crippen molar-refractivity contribution in [1.82, 2.24) is 0 Å². The van der Waals surface area contributed by atoms with Crippen molar-refractivity contribution in [1.29, 1.82) is 0 Å². The van der Waals surface area contributed by atoms with Crippen molar-refractivity contribution >= 4 is 5.84 Å². The molecule has 1 rings (SSSR count). The molecule has 0 saturated carbocycles. The molecular formula is C8H15N3. The number of rotatable bonds is 2. The molecule has 0 radical (unpaired) electrons. The molecule has 11 heavy (non-hydrogen) atoms. The van der Waals surface area contributed by atoms with Gasteiger partial charge in [0.2, 0.25) is 0 Å². The van der Waals surface area contributed by atoms with Crippen molar-refractivity contribution in [2.24, 2.45) is 16.5 Å². The van der Waals surface area contributed by atoms with Crippen LogP contribution in [0.3, 0.4) is 0 Å². The molecule has 1 aliphatic rings. The van der Waals surface area contributed by atoms with Gasteiger partial charge in [-0.2, -0.15) is 0 Å². The Labute approximate surface area is 67.2 Å². The molecule has 0 saturated heterocycles. The van der Waals surface area contributed by atoms with Crippen LogP contribution < -0.4 is 11.5 Å². The Balaban J connectivity index is 2.62. The summed E-state index contributed by atoms with van der Waals surface area (Å²) in [5, 5.41) is 0. The second-order valence-electron chi connectivity index (χ2n) is 3.10. The maximum Gasteiger partial charge on any atom is 0.101 e. The number of nitrogens with two attached hydrogens (primary N) is 2. The predicted molar refractivity (Wildman–Crippen MR) is 47.2 cm³/mol. The van der Waals surface area contributed by atoms with Gasteiger partial charge in [-0.1, -0.05) is 13.3 Å². The molecule has 0 aromatic heterocycles. The van der Waals surface area contributed by atoms with Crippen LogP contribution in [0.5, 0.6) is 0 Å². The van der Waals surface area contributed by atoms with Gasteiger partial charge in [0, 0.05) is 18.2 Å². The molecule has 3 heteroatoms. The van der Waals surface area contributed by atoms with Gasteiger partial charge in [0.25, 0.3) is 0 Å². The Morgan fingerprint density at radius 1 is 1.73 bits per heavy atom. The van der Waals surface area contributed by atoms with Gasteiger partial charge in [-0.05, 0) is 12.5 Å². The average Bonchev–Trinajstić information content (AvgIpc) is 1.86. The van der Waals surface area contributed by atoms with E-state index in [-0.39, 0.29) is 5.54 Å². The topological polar surface area (TPSA) is 64.4 Å². The fourth-order valence-corrected chi connectivity index (χ4v) is 1.36. The lowest BCUT2D eigenvalue weighted by molar-refractivity contribution is 0.490. The number of hydrogen-bond acceptors (Lipinski definition) is 3. The van der Waals surface area contributed by atoms with Crippen molar-refractivity contribution < 1.29 is 0 Å². The minimum absolute atomic E-state index is 0.236. The zero-order valence-corrected chi connectivity index (χ0v) is 6.88. The molecule has 3 nitrogen and oxygen atoms in total. The summed E-state index contributed by atoms with van der Waals surface area (Å²) in [5.74, 6) is 0.642. The molecule has 1 aliphatic heterocycles. The summed E-state index contributed by atoms with van der Waals surface area (Å²) in [5.41, 5.74) is 11.3. The van der Waals surface area contributed by atoms with Gasteiger partial charge in [0.1, 0.15) is 5.84 Å². The zero-order valence-electron chi connectivity index (χ0n) is 6.88. The largest absolute Gasteiger partial charge is 0.387 e. The van der Waals surface area contributed by atoms with E-state index in [0.29, 0.717) is 12.3 Å². The summed E-state index contributed by atoms with van der Waals surface area (Å²) < 4.78 is 0. The van der Waals surface area contributed by atoms with Gasteiger partial charge in [-0.15, -0.1) is 0 Å². The van der Waals surface area contributed by atoms with Crippen LogP contribution in [0, 0.1) is 0 Å². The lowest BCUT2D eigenvalue weighted by Crippen LogP contribution is -2.42. The van der Waals surface area contributed by atoms with Crippen LogP contribution in [0.4, 0.5) is 0 Å². The number of aliphatic imine (C=N–C) groups is 1. The van der Waals surface area contributed by atoms with Crippen LogP contribution in [0.2, 0.25) is 0 Å². The zero-order chi connectivity index (χ0) is 8.32. The molecule has 0 spiro atoms. The summed E-state index contributed by atoms with van der Waals surface area (Å²) in [7, 11) is 0. The molecule has 0 bridgehead atoms. The SMILES string of the molecule is CCCC1(N)C=CN=C(N)C1. The summed E-state index contributed by atoms with van der Waals surface area (Å²) in [4.78, 5) is 3.94. The first-order valence-electron chi connectivity index (χ1n) is 3.95. The Morgan fingerprint density at radius 3 is 3.00 bits per heavy atom. The van der Waals surface area contributed by atoms with E-state index in [9.17, 15) is 0 Å². The number of hydrogen-bond donors (Lipinski definition) is 2. The van der Waals surface area contributed by atoms with E-state index in [0.717, 1.165) is 12.8 Å². The van der Waals surface area contributed by atoms with Gasteiger partial charge in [0.15, 0.2) is 0 Å². The molecule has 62 valence electrons. The highest BCUT2D eigenvalue weighted by atomic mass is 14.9. The normalized spacial score (nSPS) is 30.2. The summed E-state index contributed by atoms with van der Waals surface area (Å²) in [6.45, 7) is 2.12. The van der Waals surface area contributed by atoms with Gasteiger partial charge in [-0.3, -0.25) is 0 Å². The van der Waals surface area contributed by atoms with E-state index < -0.39 is 0 Å². The standard InChI is InChI=1S/C8H15N3/c1-2-3-8(10)4-5-11-7(9)6-8/h4-5H,2-3,6,10H2,1H3,(H2,9,11).